The number of benzene rings is 3. The summed E-state index contributed by atoms with van der Waals surface area (Å²) in [4.78, 5) is 13.1. The third kappa shape index (κ3) is 6.13. The molecule has 0 aliphatic carbocycles. The van der Waals surface area contributed by atoms with Gasteiger partial charge in [0.15, 0.2) is 0 Å². The van der Waals surface area contributed by atoms with E-state index in [1.807, 2.05) is 48.7 Å². The molecule has 3 aromatic carbocycles. The van der Waals surface area contributed by atoms with Crippen molar-refractivity contribution in [2.75, 3.05) is 25.1 Å². The zero-order valence-corrected chi connectivity index (χ0v) is 24.0. The Morgan fingerprint density at radius 3 is 2.35 bits per heavy atom. The zero-order chi connectivity index (χ0) is 28.9. The quantitative estimate of drug-likeness (QED) is 0.207. The third-order valence-corrected chi connectivity index (χ3v) is 8.25. The highest BCUT2D eigenvalue weighted by Crippen LogP contribution is 2.35. The second-order valence-electron chi connectivity index (χ2n) is 8.79. The first-order valence-electron chi connectivity index (χ1n) is 12.2. The molecule has 40 heavy (non-hydrogen) atoms. The smallest absolute Gasteiger partial charge is 0.264 e. The summed E-state index contributed by atoms with van der Waals surface area (Å²) in [6.07, 6.45) is 1.52. The Kier molecular flexibility index (Phi) is 8.81. The molecule has 1 heterocycles. The number of halogens is 1. The normalized spacial score (nSPS) is 11.4. The summed E-state index contributed by atoms with van der Waals surface area (Å²) in [7, 11) is -1.27. The molecule has 0 atom stereocenters. The first-order chi connectivity index (χ1) is 19.1. The molecule has 0 bridgehead atoms. The number of anilines is 1. The predicted octanol–water partition coefficient (Wildman–Crippen LogP) is 5.11. The van der Waals surface area contributed by atoms with Gasteiger partial charge in [-0.1, -0.05) is 29.8 Å². The molecule has 0 spiro atoms. The van der Waals surface area contributed by atoms with Crippen LogP contribution in [-0.2, 0) is 14.8 Å². The summed E-state index contributed by atoms with van der Waals surface area (Å²) in [6, 6.07) is 22.0. The van der Waals surface area contributed by atoms with Gasteiger partial charge in [-0.05, 0) is 68.4 Å². The van der Waals surface area contributed by atoms with Gasteiger partial charge in [0.05, 0.1) is 31.0 Å². The Morgan fingerprint density at radius 2 is 1.70 bits per heavy atom. The number of ether oxygens (including phenoxy) is 2. The molecule has 0 radical (unpaired) electrons. The molecule has 9 nitrogen and oxygen atoms in total. The number of nitrogens with zero attached hydrogens (tertiary/aromatic N) is 3. The maximum atomic E-state index is 13.7. The van der Waals surface area contributed by atoms with Crippen LogP contribution >= 0.6 is 11.6 Å². The van der Waals surface area contributed by atoms with Crippen molar-refractivity contribution in [1.29, 1.82) is 0 Å². The lowest BCUT2D eigenvalue weighted by atomic mass is 10.2. The van der Waals surface area contributed by atoms with Crippen LogP contribution < -0.4 is 19.2 Å². The van der Waals surface area contributed by atoms with Crippen LogP contribution in [0.5, 0.6) is 11.5 Å². The zero-order valence-electron chi connectivity index (χ0n) is 22.5. The van der Waals surface area contributed by atoms with Crippen LogP contribution in [0.15, 0.2) is 88.9 Å². The van der Waals surface area contributed by atoms with E-state index in [4.69, 9.17) is 21.1 Å². The van der Waals surface area contributed by atoms with Crippen molar-refractivity contribution in [3.05, 3.63) is 101 Å². The maximum Gasteiger partial charge on any atom is 0.264 e. The van der Waals surface area contributed by atoms with Crippen molar-refractivity contribution in [3.63, 3.8) is 0 Å². The predicted molar refractivity (Wildman–Crippen MR) is 157 cm³/mol. The molecular weight excluding hydrogens is 552 g/mol. The fraction of sp³-hybridized carbons (Fsp3) is 0.172. The Labute approximate surface area is 238 Å². The number of amides is 1. The Hall–Kier alpha value is -4.28. The van der Waals surface area contributed by atoms with E-state index in [2.05, 4.69) is 10.5 Å². The first kappa shape index (κ1) is 28.7. The van der Waals surface area contributed by atoms with Gasteiger partial charge in [-0.25, -0.2) is 13.8 Å². The van der Waals surface area contributed by atoms with Crippen LogP contribution in [0.1, 0.15) is 17.0 Å². The van der Waals surface area contributed by atoms with E-state index in [1.54, 1.807) is 30.3 Å². The molecule has 0 saturated carbocycles. The number of rotatable bonds is 10. The second-order valence-corrected chi connectivity index (χ2v) is 11.1. The molecule has 1 aromatic heterocycles. The molecule has 0 aliphatic heterocycles. The number of methoxy groups -OCH3 is 2. The molecule has 208 valence electrons. The third-order valence-electron chi connectivity index (χ3n) is 6.22. The standard InChI is InChI=1S/C29H29ClN4O5S/c1-20-16-22(21(2)34(20)24-12-10-23(30)11-13-24)18-31-32-29(35)19-33(40(36,37)26-8-6-5-7-9-26)27-17-25(38-3)14-15-28(27)39-4/h5-18H,19H2,1-4H3,(H,32,35)/b31-18-. The van der Waals surface area contributed by atoms with Gasteiger partial charge >= 0.3 is 0 Å². The summed E-state index contributed by atoms with van der Waals surface area (Å²) in [6.45, 7) is 3.35. The Bertz CT molecular complexity index is 1640. The van der Waals surface area contributed by atoms with E-state index < -0.39 is 22.5 Å². The molecule has 0 fully saturated rings. The molecule has 1 amide bonds. The highest BCUT2D eigenvalue weighted by Gasteiger charge is 2.30. The number of carbonyl (C=O) groups is 1. The second kappa shape index (κ2) is 12.3. The highest BCUT2D eigenvalue weighted by atomic mass is 35.5. The SMILES string of the molecule is COc1ccc(OC)c(N(CC(=O)N/N=C\c2cc(C)n(-c3ccc(Cl)cc3)c2C)S(=O)(=O)c2ccccc2)c1. The van der Waals surface area contributed by atoms with Gasteiger partial charge in [-0.3, -0.25) is 9.10 Å². The minimum absolute atomic E-state index is 0.0193. The Morgan fingerprint density at radius 1 is 1.00 bits per heavy atom. The fourth-order valence-electron chi connectivity index (χ4n) is 4.26. The Balaban J connectivity index is 1.60. The molecule has 4 aromatic rings. The summed E-state index contributed by atoms with van der Waals surface area (Å²) in [5.74, 6) is 0.0110. The summed E-state index contributed by atoms with van der Waals surface area (Å²) in [5.41, 5.74) is 6.21. The molecule has 1 N–H and O–H groups in total. The molecule has 0 unspecified atom stereocenters. The summed E-state index contributed by atoms with van der Waals surface area (Å²) in [5, 5.41) is 4.75. The van der Waals surface area contributed by atoms with Gasteiger partial charge in [0.25, 0.3) is 15.9 Å². The van der Waals surface area contributed by atoms with Crippen molar-refractivity contribution >= 4 is 39.4 Å². The van der Waals surface area contributed by atoms with Crippen molar-refractivity contribution in [3.8, 4) is 17.2 Å². The summed E-state index contributed by atoms with van der Waals surface area (Å²) < 4.78 is 41.1. The van der Waals surface area contributed by atoms with Crippen molar-refractivity contribution in [1.82, 2.24) is 9.99 Å². The molecule has 4 rings (SSSR count). The maximum absolute atomic E-state index is 13.7. The molecule has 0 aliphatic rings. The van der Waals surface area contributed by atoms with E-state index in [0.29, 0.717) is 10.8 Å². The van der Waals surface area contributed by atoms with Crippen LogP contribution in [-0.4, -0.2) is 45.9 Å². The summed E-state index contributed by atoms with van der Waals surface area (Å²) >= 11 is 6.03. The number of nitrogens with one attached hydrogen (secondary N) is 1. The van der Waals surface area contributed by atoms with Gasteiger partial charge in [0, 0.05) is 33.7 Å². The molecule has 0 saturated heterocycles. The van der Waals surface area contributed by atoms with Crippen molar-refractivity contribution < 1.29 is 22.7 Å². The lowest BCUT2D eigenvalue weighted by Crippen LogP contribution is -2.39. The van der Waals surface area contributed by atoms with Gasteiger partial charge in [0.1, 0.15) is 18.0 Å². The number of aryl methyl sites for hydroxylation is 1. The topological polar surface area (TPSA) is 102 Å². The van der Waals surface area contributed by atoms with Gasteiger partial charge in [-0.15, -0.1) is 0 Å². The number of carbonyl (C=O) groups excluding carboxylic acids is 1. The lowest BCUT2D eigenvalue weighted by molar-refractivity contribution is -0.119. The van der Waals surface area contributed by atoms with Crippen LogP contribution in [0.3, 0.4) is 0 Å². The van der Waals surface area contributed by atoms with E-state index in [-0.39, 0.29) is 16.3 Å². The van der Waals surface area contributed by atoms with Crippen LogP contribution in [0.25, 0.3) is 5.69 Å². The average molecular weight is 581 g/mol. The van der Waals surface area contributed by atoms with E-state index >= 15 is 0 Å². The number of hydrazone groups is 1. The van der Waals surface area contributed by atoms with Gasteiger partial charge < -0.3 is 14.0 Å². The molecular formula is C29H29ClN4O5S. The monoisotopic (exact) mass is 580 g/mol. The number of hydrogen-bond acceptors (Lipinski definition) is 6. The van der Waals surface area contributed by atoms with E-state index in [9.17, 15) is 13.2 Å². The average Bonchev–Trinajstić information content (AvgIpc) is 3.24. The van der Waals surface area contributed by atoms with E-state index in [1.165, 1.54) is 38.6 Å². The highest BCUT2D eigenvalue weighted by molar-refractivity contribution is 7.92. The number of sulfonamides is 1. The first-order valence-corrected chi connectivity index (χ1v) is 14.0. The van der Waals surface area contributed by atoms with Crippen LogP contribution in [0, 0.1) is 13.8 Å². The van der Waals surface area contributed by atoms with Crippen LogP contribution in [0.2, 0.25) is 5.02 Å². The lowest BCUT2D eigenvalue weighted by Gasteiger charge is -2.25. The minimum atomic E-state index is -4.15. The number of aromatic nitrogens is 1. The van der Waals surface area contributed by atoms with Crippen molar-refractivity contribution in [2.45, 2.75) is 18.7 Å². The molecule has 11 heteroatoms. The van der Waals surface area contributed by atoms with Crippen molar-refractivity contribution in [2.24, 2.45) is 5.10 Å². The number of hydrogen-bond donors (Lipinski definition) is 1. The fourth-order valence-corrected chi connectivity index (χ4v) is 5.83. The van der Waals surface area contributed by atoms with Gasteiger partial charge in [0.2, 0.25) is 0 Å². The largest absolute Gasteiger partial charge is 0.497 e. The van der Waals surface area contributed by atoms with E-state index in [0.717, 1.165) is 26.9 Å². The van der Waals surface area contributed by atoms with Gasteiger partial charge in [-0.2, -0.15) is 5.10 Å². The van der Waals surface area contributed by atoms with Crippen LogP contribution in [0.4, 0.5) is 5.69 Å². The minimum Gasteiger partial charge on any atom is -0.497 e.